The number of nitrogens with zero attached hydrogens (tertiary/aromatic N) is 5. The lowest BCUT2D eigenvalue weighted by Crippen LogP contribution is -2.08. The molecule has 5 rings (SSSR count). The molecule has 4 aromatic heterocycles. The van der Waals surface area contributed by atoms with Crippen LogP contribution in [-0.2, 0) is 11.3 Å². The Kier molecular flexibility index (Phi) is 6.01. The van der Waals surface area contributed by atoms with Crippen molar-refractivity contribution in [3.63, 3.8) is 0 Å². The first-order valence-corrected chi connectivity index (χ1v) is 11.2. The lowest BCUT2D eigenvalue weighted by Gasteiger charge is -2.09. The van der Waals surface area contributed by atoms with E-state index in [0.29, 0.717) is 51.8 Å². The topological polar surface area (TPSA) is 118 Å². The number of benzene rings is 1. The molecule has 0 aliphatic rings. The van der Waals surface area contributed by atoms with Crippen LogP contribution in [0.25, 0.3) is 33.9 Å². The van der Waals surface area contributed by atoms with Crippen molar-refractivity contribution in [2.75, 3.05) is 6.61 Å². The Morgan fingerprint density at radius 3 is 2.77 bits per heavy atom. The molecule has 0 radical (unpaired) electrons. The van der Waals surface area contributed by atoms with Gasteiger partial charge in [-0.3, -0.25) is 0 Å². The van der Waals surface area contributed by atoms with Crippen LogP contribution >= 0.6 is 0 Å². The second-order valence-electron chi connectivity index (χ2n) is 7.97. The number of fused-ring (bicyclic) bond motifs is 1. The van der Waals surface area contributed by atoms with E-state index in [0.717, 1.165) is 0 Å². The number of pyridine rings is 1. The Hall–Kier alpha value is -4.47. The Labute approximate surface area is 200 Å². The quantitative estimate of drug-likeness (QED) is 0.284. The fourth-order valence-corrected chi connectivity index (χ4v) is 3.68. The van der Waals surface area contributed by atoms with Gasteiger partial charge in [-0.05, 0) is 51.1 Å². The minimum atomic E-state index is -0.567. The van der Waals surface area contributed by atoms with Crippen LogP contribution in [0, 0.1) is 0 Å². The van der Waals surface area contributed by atoms with Gasteiger partial charge < -0.3 is 18.4 Å². The van der Waals surface area contributed by atoms with Crippen LogP contribution < -0.4 is 4.74 Å². The van der Waals surface area contributed by atoms with E-state index < -0.39 is 5.97 Å². The van der Waals surface area contributed by atoms with Crippen LogP contribution in [0.2, 0.25) is 0 Å². The molecule has 0 bridgehead atoms. The second-order valence-corrected chi connectivity index (χ2v) is 7.97. The summed E-state index contributed by atoms with van der Waals surface area (Å²) in [4.78, 5) is 22.1. The van der Waals surface area contributed by atoms with Gasteiger partial charge in [0, 0.05) is 6.04 Å². The summed E-state index contributed by atoms with van der Waals surface area (Å²) < 4.78 is 23.7. The van der Waals surface area contributed by atoms with E-state index in [1.54, 1.807) is 35.3 Å². The SMILES string of the molecule is CCOc1ccccc1-c1noc(COC(=O)c2cc(-c3ccco3)nc3c2cnn3C(C)C)n1. The molecule has 10 nitrogen and oxygen atoms in total. The number of hydrogen-bond donors (Lipinski definition) is 0. The van der Waals surface area contributed by atoms with Crippen molar-refractivity contribution in [1.29, 1.82) is 0 Å². The van der Waals surface area contributed by atoms with Crippen LogP contribution in [0.3, 0.4) is 0 Å². The van der Waals surface area contributed by atoms with E-state index in [9.17, 15) is 4.79 Å². The lowest BCUT2D eigenvalue weighted by molar-refractivity contribution is 0.0432. The van der Waals surface area contributed by atoms with Crippen molar-refractivity contribution in [2.45, 2.75) is 33.4 Å². The smallest absolute Gasteiger partial charge is 0.339 e. The molecule has 4 heterocycles. The first-order valence-electron chi connectivity index (χ1n) is 11.2. The van der Waals surface area contributed by atoms with E-state index >= 15 is 0 Å². The third-order valence-corrected chi connectivity index (χ3v) is 5.27. The van der Waals surface area contributed by atoms with Gasteiger partial charge in [0.25, 0.3) is 5.89 Å². The molecule has 0 saturated carbocycles. The van der Waals surface area contributed by atoms with Crippen molar-refractivity contribution in [3.8, 4) is 28.6 Å². The molecule has 0 aliphatic carbocycles. The predicted molar refractivity (Wildman–Crippen MR) is 126 cm³/mol. The number of hydrogen-bond acceptors (Lipinski definition) is 9. The molecular formula is C25H23N5O5. The summed E-state index contributed by atoms with van der Waals surface area (Å²) in [5.74, 6) is 1.12. The van der Waals surface area contributed by atoms with Crippen LogP contribution in [0.1, 0.15) is 43.1 Å². The highest BCUT2D eigenvalue weighted by atomic mass is 16.6. The Bertz CT molecular complexity index is 1470. The van der Waals surface area contributed by atoms with Crippen molar-refractivity contribution in [2.24, 2.45) is 0 Å². The second kappa shape index (κ2) is 9.41. The molecule has 0 fully saturated rings. The number of carbonyl (C=O) groups is 1. The van der Waals surface area contributed by atoms with E-state index in [1.807, 2.05) is 45.0 Å². The third kappa shape index (κ3) is 4.37. The molecule has 1 aromatic carbocycles. The number of esters is 1. The summed E-state index contributed by atoms with van der Waals surface area (Å²) in [5, 5.41) is 8.99. The molecule has 0 amide bonds. The van der Waals surface area contributed by atoms with Gasteiger partial charge in [-0.25, -0.2) is 14.5 Å². The van der Waals surface area contributed by atoms with Gasteiger partial charge in [-0.1, -0.05) is 17.3 Å². The van der Waals surface area contributed by atoms with Crippen LogP contribution in [0.15, 0.2) is 63.9 Å². The minimum Gasteiger partial charge on any atom is -0.493 e. The van der Waals surface area contributed by atoms with Crippen molar-refractivity contribution >= 4 is 17.0 Å². The Morgan fingerprint density at radius 2 is 2.00 bits per heavy atom. The number of para-hydroxylation sites is 1. The number of aromatic nitrogens is 5. The van der Waals surface area contributed by atoms with E-state index in [1.165, 1.54) is 0 Å². The Balaban J connectivity index is 1.41. The monoisotopic (exact) mass is 473 g/mol. The molecule has 0 N–H and O–H groups in total. The zero-order valence-electron chi connectivity index (χ0n) is 19.5. The van der Waals surface area contributed by atoms with Crippen LogP contribution in [0.4, 0.5) is 0 Å². The van der Waals surface area contributed by atoms with Crippen molar-refractivity contribution in [1.82, 2.24) is 24.9 Å². The average Bonchev–Trinajstić information content (AvgIpc) is 3.63. The van der Waals surface area contributed by atoms with Gasteiger partial charge in [0.05, 0.1) is 35.6 Å². The first kappa shape index (κ1) is 22.3. The molecule has 35 heavy (non-hydrogen) atoms. The fourth-order valence-electron chi connectivity index (χ4n) is 3.68. The summed E-state index contributed by atoms with van der Waals surface area (Å²) in [6.07, 6.45) is 3.16. The molecular weight excluding hydrogens is 450 g/mol. The maximum absolute atomic E-state index is 13.1. The molecule has 0 saturated heterocycles. The largest absolute Gasteiger partial charge is 0.493 e. The maximum atomic E-state index is 13.1. The van der Waals surface area contributed by atoms with Crippen LogP contribution in [0.5, 0.6) is 5.75 Å². The van der Waals surface area contributed by atoms with Gasteiger partial charge in [0.1, 0.15) is 11.4 Å². The standard InChI is InChI=1S/C25H23N5O5/c1-4-32-20-9-6-5-8-16(20)23-28-22(35-29-23)14-34-25(31)17-12-19(21-10-7-11-33-21)27-24-18(17)13-26-30(24)15(2)3/h5-13,15H,4,14H2,1-3H3. The zero-order valence-corrected chi connectivity index (χ0v) is 19.5. The van der Waals surface area contributed by atoms with Gasteiger partial charge in [0.15, 0.2) is 18.0 Å². The lowest BCUT2D eigenvalue weighted by atomic mass is 10.1. The highest BCUT2D eigenvalue weighted by molar-refractivity contribution is 6.03. The van der Waals surface area contributed by atoms with Gasteiger partial charge >= 0.3 is 5.97 Å². The molecule has 0 atom stereocenters. The van der Waals surface area contributed by atoms with Crippen LogP contribution in [-0.4, -0.2) is 37.5 Å². The van der Waals surface area contributed by atoms with Crippen molar-refractivity contribution in [3.05, 3.63) is 66.4 Å². The molecule has 0 aliphatic heterocycles. The highest BCUT2D eigenvalue weighted by Crippen LogP contribution is 2.29. The third-order valence-electron chi connectivity index (χ3n) is 5.27. The number of carbonyl (C=O) groups excluding carboxylic acids is 1. The number of ether oxygens (including phenoxy) is 2. The van der Waals surface area contributed by atoms with Gasteiger partial charge in [0.2, 0.25) is 5.82 Å². The first-order chi connectivity index (χ1) is 17.0. The summed E-state index contributed by atoms with van der Waals surface area (Å²) >= 11 is 0. The average molecular weight is 473 g/mol. The molecule has 178 valence electrons. The van der Waals surface area contributed by atoms with Gasteiger partial charge in [-0.15, -0.1) is 0 Å². The van der Waals surface area contributed by atoms with E-state index in [-0.39, 0.29) is 18.5 Å². The minimum absolute atomic E-state index is 0.0482. The molecule has 5 aromatic rings. The normalized spacial score (nSPS) is 11.3. The summed E-state index contributed by atoms with van der Waals surface area (Å²) in [5.41, 5.74) is 2.07. The number of rotatable bonds is 8. The van der Waals surface area contributed by atoms with E-state index in [2.05, 4.69) is 20.2 Å². The highest BCUT2D eigenvalue weighted by Gasteiger charge is 2.21. The van der Waals surface area contributed by atoms with E-state index in [4.69, 9.17) is 18.4 Å². The number of furan rings is 1. The molecule has 0 spiro atoms. The van der Waals surface area contributed by atoms with Gasteiger partial charge in [-0.2, -0.15) is 10.1 Å². The zero-order chi connectivity index (χ0) is 24.4. The predicted octanol–water partition coefficient (Wildman–Crippen LogP) is 5.08. The summed E-state index contributed by atoms with van der Waals surface area (Å²) in [6, 6.07) is 12.6. The Morgan fingerprint density at radius 1 is 1.14 bits per heavy atom. The fraction of sp³-hybridized carbons (Fsp3) is 0.240. The van der Waals surface area contributed by atoms with Crippen molar-refractivity contribution < 1.29 is 23.2 Å². The molecule has 10 heteroatoms. The summed E-state index contributed by atoms with van der Waals surface area (Å²) in [7, 11) is 0. The molecule has 0 unspecified atom stereocenters. The maximum Gasteiger partial charge on any atom is 0.339 e. The summed E-state index contributed by atoms with van der Waals surface area (Å²) in [6.45, 7) is 6.19.